The van der Waals surface area contributed by atoms with E-state index in [0.29, 0.717) is 52.0 Å². The smallest absolute Gasteiger partial charge is 0.422 e. The quantitative estimate of drug-likeness (QED) is 0.528. The summed E-state index contributed by atoms with van der Waals surface area (Å²) in [5.74, 6) is -0.819. The van der Waals surface area contributed by atoms with E-state index in [2.05, 4.69) is 4.74 Å². The van der Waals surface area contributed by atoms with Gasteiger partial charge in [0.2, 0.25) is 5.91 Å². The monoisotopic (exact) mass is 339 g/mol. The van der Waals surface area contributed by atoms with Crippen LogP contribution in [0.1, 0.15) is 39.5 Å². The fourth-order valence-corrected chi connectivity index (χ4v) is 2.26. The zero-order chi connectivity index (χ0) is 17.5. The van der Waals surface area contributed by atoms with Crippen molar-refractivity contribution >= 4 is 11.9 Å². The lowest BCUT2D eigenvalue weighted by Crippen LogP contribution is -2.40. The van der Waals surface area contributed by atoms with E-state index in [1.165, 1.54) is 0 Å². The Labute approximate surface area is 134 Å². The first-order valence-corrected chi connectivity index (χ1v) is 7.71. The summed E-state index contributed by atoms with van der Waals surface area (Å²) in [5.41, 5.74) is -0.993. The molecule has 5 nitrogen and oxygen atoms in total. The minimum Gasteiger partial charge on any atom is -0.456 e. The average Bonchev–Trinajstić information content (AvgIpc) is 2.49. The van der Waals surface area contributed by atoms with Crippen molar-refractivity contribution in [2.75, 3.05) is 32.9 Å². The van der Waals surface area contributed by atoms with E-state index in [0.717, 1.165) is 0 Å². The molecule has 0 atom stereocenters. The summed E-state index contributed by atoms with van der Waals surface area (Å²) < 4.78 is 45.6. The fourth-order valence-electron chi connectivity index (χ4n) is 2.26. The summed E-state index contributed by atoms with van der Waals surface area (Å²) in [7, 11) is 0. The number of morpholine rings is 1. The van der Waals surface area contributed by atoms with E-state index < -0.39 is 24.2 Å². The first kappa shape index (κ1) is 19.7. The van der Waals surface area contributed by atoms with Gasteiger partial charge in [-0.25, -0.2) is 0 Å². The van der Waals surface area contributed by atoms with Gasteiger partial charge in [-0.1, -0.05) is 6.42 Å². The number of alkyl halides is 3. The number of ether oxygens (including phenoxy) is 2. The van der Waals surface area contributed by atoms with Crippen LogP contribution in [-0.4, -0.2) is 55.9 Å². The van der Waals surface area contributed by atoms with E-state index in [1.54, 1.807) is 18.7 Å². The molecule has 134 valence electrons. The zero-order valence-electron chi connectivity index (χ0n) is 13.6. The van der Waals surface area contributed by atoms with Crippen molar-refractivity contribution in [3.8, 4) is 0 Å². The number of esters is 1. The van der Waals surface area contributed by atoms with Gasteiger partial charge in [0.25, 0.3) is 0 Å². The van der Waals surface area contributed by atoms with Gasteiger partial charge in [-0.15, -0.1) is 0 Å². The molecular formula is C15H24F3NO4. The van der Waals surface area contributed by atoms with Crippen molar-refractivity contribution in [2.24, 2.45) is 5.41 Å². The number of unbranched alkanes of at least 4 members (excludes halogenated alkanes) is 1. The Bertz CT molecular complexity index is 404. The molecule has 1 fully saturated rings. The van der Waals surface area contributed by atoms with Gasteiger partial charge < -0.3 is 14.4 Å². The lowest BCUT2D eigenvalue weighted by molar-refractivity contribution is -0.192. The van der Waals surface area contributed by atoms with Crippen molar-refractivity contribution in [3.05, 3.63) is 0 Å². The van der Waals surface area contributed by atoms with Crippen LogP contribution in [-0.2, 0) is 19.1 Å². The third kappa shape index (κ3) is 7.67. The van der Waals surface area contributed by atoms with E-state index in [1.807, 2.05) is 0 Å². The molecule has 1 saturated heterocycles. The van der Waals surface area contributed by atoms with Crippen LogP contribution < -0.4 is 0 Å². The highest BCUT2D eigenvalue weighted by molar-refractivity contribution is 5.76. The molecule has 0 radical (unpaired) electrons. The number of halogens is 3. The summed E-state index contributed by atoms with van der Waals surface area (Å²) in [4.78, 5) is 25.3. The third-order valence-electron chi connectivity index (χ3n) is 3.73. The molecule has 1 rings (SSSR count). The molecule has 0 aromatic carbocycles. The van der Waals surface area contributed by atoms with Crippen molar-refractivity contribution in [1.82, 2.24) is 4.90 Å². The van der Waals surface area contributed by atoms with E-state index in [4.69, 9.17) is 4.74 Å². The van der Waals surface area contributed by atoms with E-state index in [9.17, 15) is 22.8 Å². The van der Waals surface area contributed by atoms with Gasteiger partial charge in [-0.3, -0.25) is 9.59 Å². The van der Waals surface area contributed by atoms with E-state index >= 15 is 0 Å². The summed E-state index contributed by atoms with van der Waals surface area (Å²) in [6.07, 6.45) is -2.61. The Morgan fingerprint density at radius 3 is 2.30 bits per heavy atom. The van der Waals surface area contributed by atoms with Gasteiger partial charge >= 0.3 is 12.1 Å². The fraction of sp³-hybridized carbons (Fsp3) is 0.867. The van der Waals surface area contributed by atoms with Crippen LogP contribution in [0.25, 0.3) is 0 Å². The van der Waals surface area contributed by atoms with Crippen LogP contribution in [0.3, 0.4) is 0 Å². The maximum atomic E-state index is 12.0. The Morgan fingerprint density at radius 1 is 1.13 bits per heavy atom. The van der Waals surface area contributed by atoms with Gasteiger partial charge in [0.1, 0.15) is 0 Å². The number of nitrogens with zero attached hydrogens (tertiary/aromatic N) is 1. The third-order valence-corrected chi connectivity index (χ3v) is 3.73. The lowest BCUT2D eigenvalue weighted by Gasteiger charge is -2.27. The van der Waals surface area contributed by atoms with Crippen molar-refractivity contribution in [3.63, 3.8) is 0 Å². The van der Waals surface area contributed by atoms with Crippen LogP contribution in [0.2, 0.25) is 0 Å². The van der Waals surface area contributed by atoms with Gasteiger partial charge in [-0.05, 0) is 26.7 Å². The average molecular weight is 339 g/mol. The van der Waals surface area contributed by atoms with E-state index in [-0.39, 0.29) is 5.91 Å². The summed E-state index contributed by atoms with van der Waals surface area (Å²) >= 11 is 0. The normalized spacial score (nSPS) is 16.3. The highest BCUT2D eigenvalue weighted by Crippen LogP contribution is 2.27. The van der Waals surface area contributed by atoms with Crippen LogP contribution in [0, 0.1) is 5.41 Å². The SMILES string of the molecule is CC(C)(CCCCC(=O)N1CCOCC1)C(=O)OCC(F)(F)F. The van der Waals surface area contributed by atoms with Crippen LogP contribution in [0.5, 0.6) is 0 Å². The summed E-state index contributed by atoms with van der Waals surface area (Å²) in [6.45, 7) is 3.81. The molecular weight excluding hydrogens is 315 g/mol. The molecule has 23 heavy (non-hydrogen) atoms. The molecule has 0 saturated carbocycles. The molecule has 0 aromatic heterocycles. The predicted molar refractivity (Wildman–Crippen MR) is 76.7 cm³/mol. The molecule has 0 N–H and O–H groups in total. The number of hydrogen-bond donors (Lipinski definition) is 0. The molecule has 1 amide bonds. The molecule has 1 heterocycles. The Morgan fingerprint density at radius 2 is 1.74 bits per heavy atom. The van der Waals surface area contributed by atoms with Crippen LogP contribution in [0.4, 0.5) is 13.2 Å². The Hall–Kier alpha value is -1.31. The van der Waals surface area contributed by atoms with Crippen LogP contribution >= 0.6 is 0 Å². The van der Waals surface area contributed by atoms with Crippen LogP contribution in [0.15, 0.2) is 0 Å². The molecule has 0 unspecified atom stereocenters. The van der Waals surface area contributed by atoms with Gasteiger partial charge in [0.15, 0.2) is 6.61 Å². The molecule has 1 aliphatic heterocycles. The molecule has 0 aliphatic carbocycles. The highest BCUT2D eigenvalue weighted by atomic mass is 19.4. The predicted octanol–water partition coefficient (Wildman–Crippen LogP) is 2.54. The Kier molecular flexibility index (Phi) is 7.31. The maximum Gasteiger partial charge on any atom is 0.422 e. The molecule has 0 aromatic rings. The number of rotatable bonds is 7. The Balaban J connectivity index is 2.24. The summed E-state index contributed by atoms with van der Waals surface area (Å²) in [6, 6.07) is 0. The minimum absolute atomic E-state index is 0.0470. The molecule has 1 aliphatic rings. The first-order valence-electron chi connectivity index (χ1n) is 7.71. The second kappa shape index (κ2) is 8.52. The number of carbonyl (C=O) groups is 2. The second-order valence-electron chi connectivity index (χ2n) is 6.28. The van der Waals surface area contributed by atoms with Gasteiger partial charge in [-0.2, -0.15) is 13.2 Å². The van der Waals surface area contributed by atoms with Crippen molar-refractivity contribution < 1.29 is 32.2 Å². The molecule has 8 heteroatoms. The number of hydrogen-bond acceptors (Lipinski definition) is 4. The largest absolute Gasteiger partial charge is 0.456 e. The van der Waals surface area contributed by atoms with Crippen molar-refractivity contribution in [2.45, 2.75) is 45.7 Å². The standard InChI is InChI=1S/C15H24F3NO4/c1-14(2,13(21)23-11-15(16,17)18)6-4-3-5-12(20)19-7-9-22-10-8-19/h3-11H2,1-2H3. The highest BCUT2D eigenvalue weighted by Gasteiger charge is 2.34. The van der Waals surface area contributed by atoms with Gasteiger partial charge in [0, 0.05) is 19.5 Å². The number of amides is 1. The lowest BCUT2D eigenvalue weighted by atomic mass is 9.87. The summed E-state index contributed by atoms with van der Waals surface area (Å²) in [5, 5.41) is 0. The van der Waals surface area contributed by atoms with Gasteiger partial charge in [0.05, 0.1) is 18.6 Å². The topological polar surface area (TPSA) is 55.8 Å². The van der Waals surface area contributed by atoms with Crippen molar-refractivity contribution in [1.29, 1.82) is 0 Å². The molecule has 0 spiro atoms. The first-order chi connectivity index (χ1) is 10.6. The minimum atomic E-state index is -4.52. The second-order valence-corrected chi connectivity index (χ2v) is 6.28. The zero-order valence-corrected chi connectivity index (χ0v) is 13.6. The number of carbonyl (C=O) groups excluding carboxylic acids is 2. The molecule has 0 bridgehead atoms. The maximum absolute atomic E-state index is 12.0.